The summed E-state index contributed by atoms with van der Waals surface area (Å²) in [4.78, 5) is 38.1. The first-order valence-corrected chi connectivity index (χ1v) is 10.9. The molecule has 0 aliphatic rings. The van der Waals surface area contributed by atoms with Crippen molar-refractivity contribution in [3.63, 3.8) is 0 Å². The first-order valence-electron chi connectivity index (χ1n) is 10.9. The highest BCUT2D eigenvalue weighted by molar-refractivity contribution is 6.01. The van der Waals surface area contributed by atoms with Crippen LogP contribution in [0.15, 0.2) is 60.8 Å². The Balaban J connectivity index is 1.85. The maximum atomic E-state index is 13.5. The van der Waals surface area contributed by atoms with Crippen LogP contribution in [0, 0.1) is 5.82 Å². The van der Waals surface area contributed by atoms with E-state index in [9.17, 15) is 18.8 Å². The molecule has 0 aliphatic heterocycles. The molecule has 0 saturated heterocycles. The number of carbonyl (C=O) groups excluding carboxylic acids is 3. The Bertz CT molecular complexity index is 1250. The predicted molar refractivity (Wildman–Crippen MR) is 128 cm³/mol. The lowest BCUT2D eigenvalue weighted by atomic mass is 10.1. The number of ether oxygens (including phenoxy) is 1. The molecule has 0 spiro atoms. The predicted octanol–water partition coefficient (Wildman–Crippen LogP) is 5.16. The average molecular weight is 466 g/mol. The van der Waals surface area contributed by atoms with Crippen molar-refractivity contribution in [1.82, 2.24) is 15.0 Å². The third-order valence-electron chi connectivity index (χ3n) is 4.80. The third-order valence-corrected chi connectivity index (χ3v) is 4.80. The molecule has 1 heterocycles. The van der Waals surface area contributed by atoms with Crippen molar-refractivity contribution in [2.45, 2.75) is 46.3 Å². The van der Waals surface area contributed by atoms with Gasteiger partial charge < -0.3 is 4.74 Å². The topological polar surface area (TPSA) is 80.6 Å². The number of rotatable bonds is 4. The van der Waals surface area contributed by atoms with Crippen LogP contribution >= 0.6 is 0 Å². The minimum absolute atomic E-state index is 0.0999. The molecule has 0 fully saturated rings. The second-order valence-electron chi connectivity index (χ2n) is 9.04. The van der Waals surface area contributed by atoms with Gasteiger partial charge in [0.1, 0.15) is 11.4 Å². The summed E-state index contributed by atoms with van der Waals surface area (Å²) in [6.07, 6.45) is 3.97. The number of para-hydroxylation sites is 1. The summed E-state index contributed by atoms with van der Waals surface area (Å²) in [6, 6.07) is 12.1. The molecule has 0 unspecified atom stereocenters. The lowest BCUT2D eigenvalue weighted by Crippen LogP contribution is -2.49. The molecule has 8 heteroatoms. The number of nitrogens with zero attached hydrogens (tertiary/aromatic N) is 2. The number of carbonyl (C=O) groups is 3. The number of amides is 2. The van der Waals surface area contributed by atoms with E-state index in [4.69, 9.17) is 4.74 Å². The summed E-state index contributed by atoms with van der Waals surface area (Å²) in [5.74, 6) is -1.62. The second-order valence-corrected chi connectivity index (χ2v) is 9.04. The van der Waals surface area contributed by atoms with Gasteiger partial charge in [0.15, 0.2) is 0 Å². The van der Waals surface area contributed by atoms with Gasteiger partial charge in [-0.1, -0.05) is 24.3 Å². The van der Waals surface area contributed by atoms with E-state index in [0.29, 0.717) is 11.1 Å². The van der Waals surface area contributed by atoms with Crippen LogP contribution in [0.4, 0.5) is 9.18 Å². The summed E-state index contributed by atoms with van der Waals surface area (Å²) in [6.45, 7) is 8.84. The molecule has 1 N–H and O–H groups in total. The highest BCUT2D eigenvalue weighted by Crippen LogP contribution is 2.24. The van der Waals surface area contributed by atoms with E-state index < -0.39 is 29.3 Å². The van der Waals surface area contributed by atoms with Crippen molar-refractivity contribution in [2.75, 3.05) is 0 Å². The molecule has 0 radical (unpaired) electrons. The number of halogens is 1. The Morgan fingerprint density at radius 2 is 1.79 bits per heavy atom. The van der Waals surface area contributed by atoms with Gasteiger partial charge in [0.25, 0.3) is 11.8 Å². The molecule has 0 aliphatic carbocycles. The van der Waals surface area contributed by atoms with Gasteiger partial charge in [0.05, 0.1) is 5.52 Å². The number of nitrogens with one attached hydrogen (secondary N) is 1. The molecular formula is C26H28FN3O4. The Morgan fingerprint density at radius 3 is 2.44 bits per heavy atom. The van der Waals surface area contributed by atoms with Crippen molar-refractivity contribution in [3.8, 4) is 0 Å². The maximum absolute atomic E-state index is 13.5. The van der Waals surface area contributed by atoms with Crippen LogP contribution in [-0.2, 0) is 9.53 Å². The number of benzene rings is 2. The molecule has 1 aromatic heterocycles. The normalized spacial score (nSPS) is 11.7. The lowest BCUT2D eigenvalue weighted by molar-refractivity contribution is -0.130. The average Bonchev–Trinajstić information content (AvgIpc) is 3.13. The first-order chi connectivity index (χ1) is 16.0. The molecule has 0 atom stereocenters. The molecule has 7 nitrogen and oxygen atoms in total. The van der Waals surface area contributed by atoms with E-state index in [1.54, 1.807) is 53.0 Å². The fraction of sp³-hybridized carbons (Fsp3) is 0.269. The zero-order valence-corrected chi connectivity index (χ0v) is 19.8. The first kappa shape index (κ1) is 24.7. The fourth-order valence-electron chi connectivity index (χ4n) is 3.28. The molecule has 0 saturated carbocycles. The number of aromatic nitrogens is 1. The molecular weight excluding hydrogens is 437 g/mol. The number of hydrogen-bond acceptors (Lipinski definition) is 4. The highest BCUT2D eigenvalue weighted by Gasteiger charge is 2.21. The largest absolute Gasteiger partial charge is 0.443 e. The SMILES string of the molecule is CC(C)N(NC(=O)c1cccc(F)c1)C(=O)/C=C/c1cn(C(=O)OC(C)(C)C)c2ccccc12. The number of fused-ring (bicyclic) bond motifs is 1. The van der Waals surface area contributed by atoms with Gasteiger partial charge in [-0.05, 0) is 65.0 Å². The molecule has 3 rings (SSSR count). The number of hydrazine groups is 1. The highest BCUT2D eigenvalue weighted by atomic mass is 19.1. The van der Waals surface area contributed by atoms with Gasteiger partial charge >= 0.3 is 6.09 Å². The van der Waals surface area contributed by atoms with E-state index in [1.165, 1.54) is 28.8 Å². The van der Waals surface area contributed by atoms with E-state index in [0.717, 1.165) is 16.5 Å². The van der Waals surface area contributed by atoms with Crippen LogP contribution in [0.25, 0.3) is 17.0 Å². The molecule has 178 valence electrons. The Morgan fingerprint density at radius 1 is 1.09 bits per heavy atom. The van der Waals surface area contributed by atoms with Crippen LogP contribution in [0.5, 0.6) is 0 Å². The Hall–Kier alpha value is -3.94. The summed E-state index contributed by atoms with van der Waals surface area (Å²) >= 11 is 0. The lowest BCUT2D eigenvalue weighted by Gasteiger charge is -2.25. The van der Waals surface area contributed by atoms with Gasteiger partial charge in [0, 0.05) is 34.8 Å². The molecule has 3 aromatic rings. The minimum Gasteiger partial charge on any atom is -0.443 e. The van der Waals surface area contributed by atoms with Gasteiger partial charge in [0.2, 0.25) is 0 Å². The van der Waals surface area contributed by atoms with Gasteiger partial charge in [-0.2, -0.15) is 0 Å². The summed E-state index contributed by atoms with van der Waals surface area (Å²) < 4.78 is 20.3. The van der Waals surface area contributed by atoms with Crippen LogP contribution in [0.3, 0.4) is 0 Å². The summed E-state index contributed by atoms with van der Waals surface area (Å²) in [5, 5.41) is 1.92. The zero-order chi connectivity index (χ0) is 25.0. The standard InChI is InChI=1S/C26H28FN3O4/c1-17(2)30(28-24(32)18-9-8-10-20(27)15-18)23(31)14-13-19-16-29(25(33)34-26(3,4)5)22-12-7-6-11-21(19)22/h6-17H,1-5H3,(H,28,32)/b14-13+. The quantitative estimate of drug-likeness (QED) is 0.426. The summed E-state index contributed by atoms with van der Waals surface area (Å²) in [5.41, 5.74) is 3.25. The zero-order valence-electron chi connectivity index (χ0n) is 19.8. The molecule has 0 bridgehead atoms. The van der Waals surface area contributed by atoms with E-state index >= 15 is 0 Å². The van der Waals surface area contributed by atoms with Gasteiger partial charge in [-0.25, -0.2) is 14.2 Å². The van der Waals surface area contributed by atoms with Gasteiger partial charge in [-0.3, -0.25) is 19.6 Å². The van der Waals surface area contributed by atoms with Crippen LogP contribution < -0.4 is 5.43 Å². The van der Waals surface area contributed by atoms with Crippen LogP contribution in [0.2, 0.25) is 0 Å². The van der Waals surface area contributed by atoms with Crippen molar-refractivity contribution in [2.24, 2.45) is 0 Å². The molecule has 2 aromatic carbocycles. The minimum atomic E-state index is -0.661. The Kier molecular flexibility index (Phi) is 7.20. The van der Waals surface area contributed by atoms with Crippen molar-refractivity contribution in [1.29, 1.82) is 0 Å². The number of hydrogen-bond donors (Lipinski definition) is 1. The van der Waals surface area contributed by atoms with Crippen molar-refractivity contribution in [3.05, 3.63) is 77.7 Å². The van der Waals surface area contributed by atoms with Crippen LogP contribution in [-0.4, -0.2) is 39.1 Å². The maximum Gasteiger partial charge on any atom is 0.419 e. The van der Waals surface area contributed by atoms with E-state index in [1.807, 2.05) is 18.2 Å². The second kappa shape index (κ2) is 9.91. The van der Waals surface area contributed by atoms with Gasteiger partial charge in [-0.15, -0.1) is 0 Å². The third kappa shape index (κ3) is 5.89. The summed E-state index contributed by atoms with van der Waals surface area (Å²) in [7, 11) is 0. The molecule has 2 amide bonds. The smallest absolute Gasteiger partial charge is 0.419 e. The van der Waals surface area contributed by atoms with E-state index in [-0.39, 0.29) is 11.6 Å². The van der Waals surface area contributed by atoms with E-state index in [2.05, 4.69) is 5.43 Å². The van der Waals surface area contributed by atoms with Crippen molar-refractivity contribution >= 4 is 34.9 Å². The van der Waals surface area contributed by atoms with Crippen molar-refractivity contribution < 1.29 is 23.5 Å². The molecule has 34 heavy (non-hydrogen) atoms. The van der Waals surface area contributed by atoms with Crippen LogP contribution in [0.1, 0.15) is 50.5 Å². The fourth-order valence-corrected chi connectivity index (χ4v) is 3.28. The monoisotopic (exact) mass is 465 g/mol. The Labute approximate surface area is 197 Å².